The minimum absolute atomic E-state index is 0.00392. The fraction of sp³-hybridized carbons (Fsp3) is 0.200. The molecule has 1 amide bonds. The summed E-state index contributed by atoms with van der Waals surface area (Å²) in [5.74, 6) is -1.16. The van der Waals surface area contributed by atoms with Gasteiger partial charge in [0, 0.05) is 12.3 Å². The smallest absolute Gasteiger partial charge is 0.259 e. The molecule has 0 aliphatic heterocycles. The van der Waals surface area contributed by atoms with Crippen LogP contribution in [0.1, 0.15) is 22.3 Å². The van der Waals surface area contributed by atoms with Crippen molar-refractivity contribution in [1.29, 1.82) is 0 Å². The number of carbonyl (C=O) groups excluding carboxylic acids is 1. The molecule has 5 nitrogen and oxygen atoms in total. The van der Waals surface area contributed by atoms with Crippen molar-refractivity contribution in [1.82, 2.24) is 4.98 Å². The molecule has 0 bridgehead atoms. The number of aliphatic hydroxyl groups is 1. The fourth-order valence-corrected chi connectivity index (χ4v) is 1.92. The quantitative estimate of drug-likeness (QED) is 0.785. The molecule has 0 unspecified atom stereocenters. The third-order valence-electron chi connectivity index (χ3n) is 2.94. The van der Waals surface area contributed by atoms with Gasteiger partial charge < -0.3 is 16.2 Å². The summed E-state index contributed by atoms with van der Waals surface area (Å²) in [5, 5.41) is 11.5. The molecular weight excluding hydrogens is 273 g/mol. The van der Waals surface area contributed by atoms with Gasteiger partial charge in [-0.05, 0) is 36.6 Å². The third kappa shape index (κ3) is 4.00. The molecule has 4 N–H and O–H groups in total. The van der Waals surface area contributed by atoms with E-state index in [0.717, 1.165) is 17.8 Å². The number of benzene rings is 1. The highest BCUT2D eigenvalue weighted by Gasteiger charge is 2.12. The molecule has 1 aromatic heterocycles. The van der Waals surface area contributed by atoms with Crippen molar-refractivity contribution in [2.24, 2.45) is 0 Å². The normalized spacial score (nSPS) is 10.4. The molecular formula is C15H16FN3O2. The summed E-state index contributed by atoms with van der Waals surface area (Å²) in [6.45, 7) is 0.113. The van der Waals surface area contributed by atoms with Gasteiger partial charge in [0.2, 0.25) is 0 Å². The second-order valence-electron chi connectivity index (χ2n) is 4.57. The molecule has 0 spiro atoms. The number of nitrogens with two attached hydrogens (primary N) is 1. The van der Waals surface area contributed by atoms with Crippen molar-refractivity contribution in [3.05, 3.63) is 53.5 Å². The van der Waals surface area contributed by atoms with E-state index in [1.807, 2.05) is 6.07 Å². The summed E-state index contributed by atoms with van der Waals surface area (Å²) >= 11 is 0. The zero-order chi connectivity index (χ0) is 15.2. The molecule has 1 heterocycles. The summed E-state index contributed by atoms with van der Waals surface area (Å²) in [5.41, 5.74) is 7.14. The largest absolute Gasteiger partial charge is 0.396 e. The van der Waals surface area contributed by atoms with E-state index in [4.69, 9.17) is 10.8 Å². The molecule has 6 heteroatoms. The number of nitrogen functional groups attached to an aromatic ring is 1. The number of hydrogen-bond donors (Lipinski definition) is 3. The summed E-state index contributed by atoms with van der Waals surface area (Å²) < 4.78 is 13.1. The SMILES string of the molecule is Nc1ncc(F)cc1C(=O)Nc1cccc(CCCO)c1. The molecule has 21 heavy (non-hydrogen) atoms. The number of aliphatic hydroxyl groups excluding tert-OH is 1. The number of aromatic nitrogens is 1. The van der Waals surface area contributed by atoms with Crippen molar-refractivity contribution >= 4 is 17.4 Å². The standard InChI is InChI=1S/C15H16FN3O2/c16-11-8-13(14(17)18-9-11)15(21)19-12-5-1-3-10(7-12)4-2-6-20/h1,3,5,7-9,20H,2,4,6H2,(H2,17,18)(H,19,21). The molecule has 110 valence electrons. The number of aryl methyl sites for hydroxylation is 1. The average Bonchev–Trinajstić information content (AvgIpc) is 2.48. The molecule has 0 saturated carbocycles. The van der Waals surface area contributed by atoms with Crippen LogP contribution in [0.15, 0.2) is 36.5 Å². The highest BCUT2D eigenvalue weighted by Crippen LogP contribution is 2.16. The van der Waals surface area contributed by atoms with Crippen molar-refractivity contribution in [3.63, 3.8) is 0 Å². The highest BCUT2D eigenvalue weighted by molar-refractivity contribution is 6.07. The van der Waals surface area contributed by atoms with Gasteiger partial charge in [-0.2, -0.15) is 0 Å². The van der Waals surface area contributed by atoms with Crippen molar-refractivity contribution in [2.45, 2.75) is 12.8 Å². The van der Waals surface area contributed by atoms with Gasteiger partial charge in [0.05, 0.1) is 11.8 Å². The minimum Gasteiger partial charge on any atom is -0.396 e. The van der Waals surface area contributed by atoms with E-state index < -0.39 is 11.7 Å². The van der Waals surface area contributed by atoms with E-state index in [1.165, 1.54) is 0 Å². The number of hydrogen-bond acceptors (Lipinski definition) is 4. The van der Waals surface area contributed by atoms with Crippen LogP contribution < -0.4 is 11.1 Å². The van der Waals surface area contributed by atoms with Crippen LogP contribution in [0.25, 0.3) is 0 Å². The second kappa shape index (κ2) is 6.81. The van der Waals surface area contributed by atoms with E-state index in [0.29, 0.717) is 18.5 Å². The topological polar surface area (TPSA) is 88.2 Å². The Bertz CT molecular complexity index is 647. The zero-order valence-electron chi connectivity index (χ0n) is 11.3. The van der Waals surface area contributed by atoms with Gasteiger partial charge in [-0.15, -0.1) is 0 Å². The lowest BCUT2D eigenvalue weighted by atomic mass is 10.1. The van der Waals surface area contributed by atoms with Gasteiger partial charge >= 0.3 is 0 Å². The molecule has 0 fully saturated rings. The Morgan fingerprint density at radius 2 is 2.19 bits per heavy atom. The Kier molecular flexibility index (Phi) is 4.84. The summed E-state index contributed by atoms with van der Waals surface area (Å²) in [7, 11) is 0. The predicted octanol–water partition coefficient (Wildman–Crippen LogP) is 1.98. The number of amides is 1. The number of nitrogens with one attached hydrogen (secondary N) is 1. The first-order chi connectivity index (χ1) is 10.1. The first-order valence-electron chi connectivity index (χ1n) is 6.52. The van der Waals surface area contributed by atoms with Crippen LogP contribution in [0, 0.1) is 5.82 Å². The number of carbonyl (C=O) groups is 1. The van der Waals surface area contributed by atoms with Crippen molar-refractivity contribution < 1.29 is 14.3 Å². The molecule has 2 rings (SSSR count). The number of halogens is 1. The molecule has 0 aliphatic rings. The monoisotopic (exact) mass is 289 g/mol. The van der Waals surface area contributed by atoms with Gasteiger partial charge in [-0.3, -0.25) is 4.79 Å². The third-order valence-corrected chi connectivity index (χ3v) is 2.94. The summed E-state index contributed by atoms with van der Waals surface area (Å²) in [4.78, 5) is 15.7. The van der Waals surface area contributed by atoms with E-state index in [9.17, 15) is 9.18 Å². The minimum atomic E-state index is -0.619. The Hall–Kier alpha value is -2.47. The Morgan fingerprint density at radius 1 is 1.38 bits per heavy atom. The molecule has 2 aromatic rings. The second-order valence-corrected chi connectivity index (χ2v) is 4.57. The first-order valence-corrected chi connectivity index (χ1v) is 6.52. The number of pyridine rings is 1. The van der Waals surface area contributed by atoms with Gasteiger partial charge in [0.25, 0.3) is 5.91 Å². The van der Waals surface area contributed by atoms with E-state index >= 15 is 0 Å². The molecule has 0 radical (unpaired) electrons. The van der Waals surface area contributed by atoms with E-state index in [2.05, 4.69) is 10.3 Å². The zero-order valence-corrected chi connectivity index (χ0v) is 11.3. The van der Waals surface area contributed by atoms with Gasteiger partial charge in [0.1, 0.15) is 11.6 Å². The van der Waals surface area contributed by atoms with Crippen LogP contribution in [0.5, 0.6) is 0 Å². The summed E-state index contributed by atoms with van der Waals surface area (Å²) in [6, 6.07) is 8.28. The van der Waals surface area contributed by atoms with Gasteiger partial charge in [0.15, 0.2) is 0 Å². The fourth-order valence-electron chi connectivity index (χ4n) is 1.92. The Balaban J connectivity index is 2.14. The van der Waals surface area contributed by atoms with Crippen LogP contribution in [0.2, 0.25) is 0 Å². The Morgan fingerprint density at radius 3 is 2.95 bits per heavy atom. The highest BCUT2D eigenvalue weighted by atomic mass is 19.1. The molecule has 0 atom stereocenters. The number of anilines is 2. The van der Waals surface area contributed by atoms with Crippen molar-refractivity contribution in [2.75, 3.05) is 17.7 Å². The maximum Gasteiger partial charge on any atom is 0.259 e. The lowest BCUT2D eigenvalue weighted by Crippen LogP contribution is -2.15. The lowest BCUT2D eigenvalue weighted by molar-refractivity contribution is 0.102. The maximum absolute atomic E-state index is 13.1. The molecule has 0 saturated heterocycles. The first kappa shape index (κ1) is 14.9. The van der Waals surface area contributed by atoms with Crippen LogP contribution in [0.3, 0.4) is 0 Å². The lowest BCUT2D eigenvalue weighted by Gasteiger charge is -2.08. The van der Waals surface area contributed by atoms with Crippen LogP contribution in [-0.4, -0.2) is 22.6 Å². The number of rotatable bonds is 5. The van der Waals surface area contributed by atoms with Gasteiger partial charge in [-0.1, -0.05) is 12.1 Å². The maximum atomic E-state index is 13.1. The van der Waals surface area contributed by atoms with E-state index in [-0.39, 0.29) is 18.0 Å². The summed E-state index contributed by atoms with van der Waals surface area (Å²) in [6.07, 6.45) is 2.32. The van der Waals surface area contributed by atoms with Crippen molar-refractivity contribution in [3.8, 4) is 0 Å². The molecule has 0 aliphatic carbocycles. The number of nitrogens with zero attached hydrogens (tertiary/aromatic N) is 1. The predicted molar refractivity (Wildman–Crippen MR) is 78.4 cm³/mol. The molecule has 1 aromatic carbocycles. The van der Waals surface area contributed by atoms with E-state index in [1.54, 1.807) is 18.2 Å². The van der Waals surface area contributed by atoms with Crippen LogP contribution >= 0.6 is 0 Å². The van der Waals surface area contributed by atoms with Crippen LogP contribution in [0.4, 0.5) is 15.9 Å². The average molecular weight is 289 g/mol. The van der Waals surface area contributed by atoms with Gasteiger partial charge in [-0.25, -0.2) is 9.37 Å². The Labute approximate surface area is 121 Å². The van der Waals surface area contributed by atoms with Crippen LogP contribution in [-0.2, 0) is 6.42 Å².